The molecule has 0 amide bonds. The number of ether oxygens (including phenoxy) is 1. The fraction of sp³-hybridized carbons (Fsp3) is 0.296. The molecule has 0 saturated carbocycles. The Balaban J connectivity index is 1.95. The summed E-state index contributed by atoms with van der Waals surface area (Å²) in [7, 11) is 0. The van der Waals surface area contributed by atoms with Crippen molar-refractivity contribution in [2.24, 2.45) is 17.1 Å². The van der Waals surface area contributed by atoms with Crippen molar-refractivity contribution in [1.82, 2.24) is 0 Å². The van der Waals surface area contributed by atoms with Crippen LogP contribution in [0.1, 0.15) is 50.7 Å². The van der Waals surface area contributed by atoms with Gasteiger partial charge in [0.15, 0.2) is 0 Å². The SMILES string of the molecule is CC(C)(C)C1CC2=C(OC(N)=C(C#N)C2c2ccccc2Cl)/C(=C/c2ccccc2Cl)C1. The molecule has 0 fully saturated rings. The van der Waals surface area contributed by atoms with Crippen molar-refractivity contribution >= 4 is 29.3 Å². The summed E-state index contributed by atoms with van der Waals surface area (Å²) >= 11 is 13.1. The van der Waals surface area contributed by atoms with E-state index in [1.54, 1.807) is 0 Å². The molecular formula is C27H26Cl2N2O. The summed E-state index contributed by atoms with van der Waals surface area (Å²) in [6.45, 7) is 6.75. The molecule has 5 heteroatoms. The van der Waals surface area contributed by atoms with Crippen LogP contribution >= 0.6 is 23.2 Å². The maximum Gasteiger partial charge on any atom is 0.205 e. The van der Waals surface area contributed by atoms with E-state index in [4.69, 9.17) is 33.7 Å². The highest BCUT2D eigenvalue weighted by molar-refractivity contribution is 6.32. The first-order valence-corrected chi connectivity index (χ1v) is 11.5. The minimum absolute atomic E-state index is 0.0582. The Hall–Kier alpha value is -2.67. The molecule has 0 radical (unpaired) electrons. The predicted octanol–water partition coefficient (Wildman–Crippen LogP) is 7.59. The van der Waals surface area contributed by atoms with Gasteiger partial charge in [0.2, 0.25) is 5.88 Å². The molecule has 1 aliphatic heterocycles. The second-order valence-corrected chi connectivity index (χ2v) is 10.3. The van der Waals surface area contributed by atoms with Gasteiger partial charge < -0.3 is 10.5 Å². The summed E-state index contributed by atoms with van der Waals surface area (Å²) in [6, 6.07) is 17.7. The quantitative estimate of drug-likeness (QED) is 0.497. The monoisotopic (exact) mass is 464 g/mol. The van der Waals surface area contributed by atoms with Crippen molar-refractivity contribution in [1.29, 1.82) is 5.26 Å². The minimum Gasteiger partial charge on any atom is -0.440 e. The number of hydrogen-bond acceptors (Lipinski definition) is 3. The van der Waals surface area contributed by atoms with Gasteiger partial charge in [0.25, 0.3) is 0 Å². The maximum absolute atomic E-state index is 9.97. The Morgan fingerprint density at radius 2 is 1.69 bits per heavy atom. The number of rotatable bonds is 2. The molecule has 2 aliphatic rings. The molecule has 164 valence electrons. The predicted molar refractivity (Wildman–Crippen MR) is 131 cm³/mol. The van der Waals surface area contributed by atoms with Crippen LogP contribution in [0.25, 0.3) is 6.08 Å². The van der Waals surface area contributed by atoms with Crippen LogP contribution in [0.15, 0.2) is 76.9 Å². The number of allylic oxidation sites excluding steroid dienone is 3. The molecule has 0 aromatic heterocycles. The van der Waals surface area contributed by atoms with E-state index in [-0.39, 0.29) is 17.2 Å². The lowest BCUT2D eigenvalue weighted by Gasteiger charge is -2.41. The molecule has 0 bridgehead atoms. The topological polar surface area (TPSA) is 59.0 Å². The molecule has 0 spiro atoms. The fourth-order valence-corrected chi connectivity index (χ4v) is 4.98. The standard InChI is InChI=1S/C27H26Cl2N2O/c1-27(2,3)18-13-17(12-16-8-4-6-10-22(16)28)25-20(14-18)24(21(15-30)26(31)32-25)19-9-5-7-11-23(19)29/h4-12,18,24H,13-14,31H2,1-3H3/b17-12+. The molecule has 2 atom stereocenters. The largest absolute Gasteiger partial charge is 0.440 e. The van der Waals surface area contributed by atoms with E-state index in [2.05, 4.69) is 32.9 Å². The molecule has 3 nitrogen and oxygen atoms in total. The zero-order chi connectivity index (χ0) is 23.0. The molecule has 32 heavy (non-hydrogen) atoms. The number of nitrogens with zero attached hydrogens (tertiary/aromatic N) is 1. The highest BCUT2D eigenvalue weighted by Crippen LogP contribution is 2.52. The van der Waals surface area contributed by atoms with Crippen molar-refractivity contribution in [3.63, 3.8) is 0 Å². The van der Waals surface area contributed by atoms with Crippen LogP contribution in [0.3, 0.4) is 0 Å². The minimum atomic E-state index is -0.336. The highest BCUT2D eigenvalue weighted by Gasteiger charge is 2.41. The third kappa shape index (κ3) is 4.18. The number of halogens is 2. The van der Waals surface area contributed by atoms with Gasteiger partial charge in [0.1, 0.15) is 17.4 Å². The van der Waals surface area contributed by atoms with E-state index in [9.17, 15) is 5.26 Å². The zero-order valence-electron chi connectivity index (χ0n) is 18.5. The Bertz CT molecular complexity index is 1190. The summed E-state index contributed by atoms with van der Waals surface area (Å²) in [5.74, 6) is 0.891. The normalized spacial score (nSPS) is 22.4. The van der Waals surface area contributed by atoms with E-state index in [1.807, 2.05) is 48.5 Å². The third-order valence-corrected chi connectivity index (χ3v) is 7.12. The van der Waals surface area contributed by atoms with Crippen molar-refractivity contribution in [3.05, 3.63) is 98.1 Å². The summed E-state index contributed by atoms with van der Waals surface area (Å²) < 4.78 is 6.13. The molecule has 2 aromatic rings. The van der Waals surface area contributed by atoms with Gasteiger partial charge in [-0.3, -0.25) is 0 Å². The second kappa shape index (κ2) is 8.70. The molecular weight excluding hydrogens is 439 g/mol. The molecule has 2 aromatic carbocycles. The van der Waals surface area contributed by atoms with Gasteiger partial charge in [0.05, 0.1) is 5.92 Å². The summed E-state index contributed by atoms with van der Waals surface area (Å²) in [4.78, 5) is 0. The molecule has 1 heterocycles. The van der Waals surface area contributed by atoms with Crippen LogP contribution in [-0.2, 0) is 4.74 Å². The molecule has 2 N–H and O–H groups in total. The third-order valence-electron chi connectivity index (χ3n) is 6.43. The lowest BCUT2D eigenvalue weighted by molar-refractivity contribution is 0.200. The Labute approximate surface area is 199 Å². The van der Waals surface area contributed by atoms with E-state index in [0.29, 0.717) is 21.5 Å². The van der Waals surface area contributed by atoms with Crippen LogP contribution in [0, 0.1) is 22.7 Å². The van der Waals surface area contributed by atoms with Crippen molar-refractivity contribution < 1.29 is 4.74 Å². The van der Waals surface area contributed by atoms with E-state index < -0.39 is 0 Å². The molecule has 2 unspecified atom stereocenters. The van der Waals surface area contributed by atoms with Crippen LogP contribution in [0.4, 0.5) is 0 Å². The van der Waals surface area contributed by atoms with Crippen molar-refractivity contribution in [3.8, 4) is 6.07 Å². The van der Waals surface area contributed by atoms with Crippen LogP contribution in [0.2, 0.25) is 10.0 Å². The van der Waals surface area contributed by atoms with Crippen molar-refractivity contribution in [2.75, 3.05) is 0 Å². The highest BCUT2D eigenvalue weighted by atomic mass is 35.5. The Kier molecular flexibility index (Phi) is 6.12. The lowest BCUT2D eigenvalue weighted by Crippen LogP contribution is -2.31. The summed E-state index contributed by atoms with van der Waals surface area (Å²) in [6.07, 6.45) is 3.72. The van der Waals surface area contributed by atoms with E-state index in [0.717, 1.165) is 40.9 Å². The van der Waals surface area contributed by atoms with Gasteiger partial charge in [-0.05, 0) is 64.7 Å². The number of nitrogens with two attached hydrogens (primary N) is 1. The molecule has 4 rings (SSSR count). The fourth-order valence-electron chi connectivity index (χ4n) is 4.54. The number of nitriles is 1. The van der Waals surface area contributed by atoms with Gasteiger partial charge in [-0.2, -0.15) is 5.26 Å². The first kappa shape index (κ1) is 22.5. The van der Waals surface area contributed by atoms with Gasteiger partial charge in [0, 0.05) is 10.0 Å². The maximum atomic E-state index is 9.97. The second-order valence-electron chi connectivity index (χ2n) is 9.46. The first-order valence-electron chi connectivity index (χ1n) is 10.7. The zero-order valence-corrected chi connectivity index (χ0v) is 20.0. The first-order chi connectivity index (χ1) is 15.2. The van der Waals surface area contributed by atoms with Gasteiger partial charge in [-0.1, -0.05) is 80.4 Å². The van der Waals surface area contributed by atoms with Gasteiger partial charge >= 0.3 is 0 Å². The molecule has 1 aliphatic carbocycles. The van der Waals surface area contributed by atoms with Crippen LogP contribution in [0.5, 0.6) is 0 Å². The smallest absolute Gasteiger partial charge is 0.205 e. The number of benzene rings is 2. The summed E-state index contributed by atoms with van der Waals surface area (Å²) in [5.41, 5.74) is 10.6. The average Bonchev–Trinajstić information content (AvgIpc) is 2.74. The van der Waals surface area contributed by atoms with Crippen LogP contribution < -0.4 is 5.73 Å². The summed E-state index contributed by atoms with van der Waals surface area (Å²) in [5, 5.41) is 11.3. The Morgan fingerprint density at radius 3 is 2.31 bits per heavy atom. The van der Waals surface area contributed by atoms with E-state index in [1.165, 1.54) is 0 Å². The average molecular weight is 465 g/mol. The van der Waals surface area contributed by atoms with Crippen molar-refractivity contribution in [2.45, 2.75) is 39.5 Å². The number of hydrogen-bond donors (Lipinski definition) is 1. The Morgan fingerprint density at radius 1 is 1.03 bits per heavy atom. The van der Waals surface area contributed by atoms with Gasteiger partial charge in [-0.25, -0.2) is 0 Å². The van der Waals surface area contributed by atoms with Crippen LogP contribution in [-0.4, -0.2) is 0 Å². The van der Waals surface area contributed by atoms with E-state index >= 15 is 0 Å². The van der Waals surface area contributed by atoms with Gasteiger partial charge in [-0.15, -0.1) is 0 Å². The molecule has 0 saturated heterocycles. The lowest BCUT2D eigenvalue weighted by atomic mass is 9.66.